The third-order valence-corrected chi connectivity index (χ3v) is 0. The Labute approximate surface area is 89.8 Å². The van der Waals surface area contributed by atoms with E-state index in [-0.39, 0.29) is 39.0 Å². The molecule has 0 N–H and O–H groups in total. The second kappa shape index (κ2) is 10.7. The van der Waals surface area contributed by atoms with E-state index in [9.17, 15) is 0 Å². The molecular formula is O7SSiZn2. The number of hydrogen-bond acceptors (Lipinski definition) is 7. The van der Waals surface area contributed by atoms with Gasteiger partial charge in [-0.1, -0.05) is 0 Å². The Bertz CT molecular complexity index is 159. The minimum absolute atomic E-state index is 0. The van der Waals surface area contributed by atoms with Crippen molar-refractivity contribution in [3.05, 3.63) is 0 Å². The minimum atomic E-state index is -5.17. The average molecular weight is 303 g/mol. The van der Waals surface area contributed by atoms with E-state index < -0.39 is 19.6 Å². The van der Waals surface area contributed by atoms with E-state index in [1.54, 1.807) is 0 Å². The van der Waals surface area contributed by atoms with Crippen LogP contribution in [0.3, 0.4) is 0 Å². The molecule has 0 aromatic heterocycles. The van der Waals surface area contributed by atoms with E-state index >= 15 is 0 Å². The molecule has 0 heterocycles. The largest absolute Gasteiger partial charge is 2.00 e. The molecule has 0 saturated heterocycles. The third kappa shape index (κ3) is 1520. The van der Waals surface area contributed by atoms with Crippen LogP contribution in [0.4, 0.5) is 0 Å². The summed E-state index contributed by atoms with van der Waals surface area (Å²) in [5.74, 6) is 0. The fourth-order valence-electron chi connectivity index (χ4n) is 0. The molecule has 7 nitrogen and oxygen atoms in total. The van der Waals surface area contributed by atoms with Crippen LogP contribution in [0.5, 0.6) is 0 Å². The van der Waals surface area contributed by atoms with Crippen LogP contribution in [-0.4, -0.2) is 26.7 Å². The van der Waals surface area contributed by atoms with Gasteiger partial charge in [-0.2, -0.15) is 0 Å². The Morgan fingerprint density at radius 2 is 1.00 bits per heavy atom. The van der Waals surface area contributed by atoms with Gasteiger partial charge in [-0.05, 0) is 0 Å². The standard InChI is InChI=1S/H2O4S.O3Si.2Zn/c1-5(2,3)4;1-4(2)3;;/h(H2,1,2,3,4);;;/q;-2;2*+2/p-2. The van der Waals surface area contributed by atoms with E-state index in [2.05, 4.69) is 0 Å². The molecule has 0 amide bonds. The quantitative estimate of drug-likeness (QED) is 0.250. The summed E-state index contributed by atoms with van der Waals surface area (Å²) in [5.41, 5.74) is 0. The van der Waals surface area contributed by atoms with Gasteiger partial charge >= 0.3 is 39.0 Å². The molecular weight excluding hydrogens is 303 g/mol. The van der Waals surface area contributed by atoms with Gasteiger partial charge in [-0.15, -0.1) is 0 Å². The van der Waals surface area contributed by atoms with Crippen molar-refractivity contribution in [2.24, 2.45) is 0 Å². The first-order chi connectivity index (χ1) is 3.73. The molecule has 0 unspecified atom stereocenters. The predicted octanol–water partition coefficient (Wildman–Crippen LogP) is -4.22. The summed E-state index contributed by atoms with van der Waals surface area (Å²) in [4.78, 5) is 17.0. The zero-order chi connectivity index (χ0) is 8.08. The summed E-state index contributed by atoms with van der Waals surface area (Å²) < 4.78 is 42.6. The fourth-order valence-corrected chi connectivity index (χ4v) is 0. The van der Waals surface area contributed by atoms with Gasteiger partial charge < -0.3 is 23.2 Å². The van der Waals surface area contributed by atoms with Crippen LogP contribution in [0.25, 0.3) is 0 Å². The summed E-state index contributed by atoms with van der Waals surface area (Å²) in [7, 11) is -8.80. The van der Waals surface area contributed by atoms with Crippen molar-refractivity contribution in [3.63, 3.8) is 0 Å². The Balaban J connectivity index is -0.0000000383. The first-order valence-electron chi connectivity index (χ1n) is 1.28. The van der Waals surface area contributed by atoms with E-state index in [0.717, 1.165) is 0 Å². The molecule has 56 valence electrons. The molecule has 0 aromatic carbocycles. The van der Waals surface area contributed by atoms with Gasteiger partial charge in [-0.3, -0.25) is 8.42 Å². The molecule has 0 rings (SSSR count). The van der Waals surface area contributed by atoms with Gasteiger partial charge in [0.15, 0.2) is 0 Å². The van der Waals surface area contributed by atoms with Crippen molar-refractivity contribution in [2.45, 2.75) is 0 Å². The fraction of sp³-hybridized carbons (Fsp3) is 0. The van der Waals surface area contributed by atoms with Crippen LogP contribution >= 0.6 is 0 Å². The molecule has 0 spiro atoms. The second-order valence-electron chi connectivity index (χ2n) is 0.658. The zero-order valence-corrected chi connectivity index (χ0v) is 12.9. The van der Waals surface area contributed by atoms with Crippen LogP contribution in [0.2, 0.25) is 0 Å². The van der Waals surface area contributed by atoms with Crippen molar-refractivity contribution in [3.8, 4) is 0 Å². The van der Waals surface area contributed by atoms with Crippen molar-refractivity contribution in [1.29, 1.82) is 0 Å². The minimum Gasteiger partial charge on any atom is -0.759 e. The number of hydrogen-bond donors (Lipinski definition) is 0. The first-order valence-corrected chi connectivity index (χ1v) is 3.84. The van der Waals surface area contributed by atoms with Crippen LogP contribution in [0, 0.1) is 0 Å². The van der Waals surface area contributed by atoms with Gasteiger partial charge in [0.05, 0.1) is 0 Å². The Hall–Kier alpha value is 0.734. The van der Waals surface area contributed by atoms with Crippen LogP contribution in [0.15, 0.2) is 0 Å². The topological polar surface area (TPSA) is 143 Å². The van der Waals surface area contributed by atoms with Gasteiger partial charge in [0.1, 0.15) is 0 Å². The summed E-state index contributed by atoms with van der Waals surface area (Å²) in [6.45, 7) is 0. The van der Waals surface area contributed by atoms with E-state index in [1.165, 1.54) is 0 Å². The Morgan fingerprint density at radius 3 is 1.00 bits per heavy atom. The average Bonchev–Trinajstić information content (AvgIpc) is 1.19. The molecule has 0 bridgehead atoms. The van der Waals surface area contributed by atoms with E-state index in [1.807, 2.05) is 0 Å². The van der Waals surface area contributed by atoms with Crippen molar-refractivity contribution in [2.75, 3.05) is 0 Å². The number of rotatable bonds is 0. The van der Waals surface area contributed by atoms with Crippen molar-refractivity contribution < 1.29 is 70.5 Å². The van der Waals surface area contributed by atoms with Gasteiger partial charge in [-0.25, -0.2) is 0 Å². The normalized spacial score (nSPS) is 7.45. The molecule has 11 heavy (non-hydrogen) atoms. The van der Waals surface area contributed by atoms with Crippen LogP contribution < -0.4 is 9.59 Å². The summed E-state index contributed by atoms with van der Waals surface area (Å²) in [5, 5.41) is 0. The second-order valence-corrected chi connectivity index (χ2v) is 1.97. The molecule has 0 aliphatic heterocycles. The summed E-state index contributed by atoms with van der Waals surface area (Å²) in [6, 6.07) is 0. The molecule has 0 aromatic rings. The third-order valence-electron chi connectivity index (χ3n) is 0. The molecule has 0 aliphatic carbocycles. The van der Waals surface area contributed by atoms with Gasteiger partial charge in [0.2, 0.25) is 0 Å². The smallest absolute Gasteiger partial charge is 0.759 e. The maximum Gasteiger partial charge on any atom is 2.00 e. The molecule has 0 radical (unpaired) electrons. The Morgan fingerprint density at radius 1 is 1.00 bits per heavy atom. The van der Waals surface area contributed by atoms with Crippen molar-refractivity contribution >= 4 is 19.6 Å². The molecule has 0 fully saturated rings. The molecule has 11 heteroatoms. The predicted molar refractivity (Wildman–Crippen MR) is 16.9 cm³/mol. The SMILES string of the molecule is O=S(=O)([O-])[O-].O=[Si]([O-])[O-].[Zn+2].[Zn+2]. The first kappa shape index (κ1) is 22.6. The maximum absolute atomic E-state index is 8.52. The van der Waals surface area contributed by atoms with Crippen LogP contribution in [0.1, 0.15) is 0 Å². The van der Waals surface area contributed by atoms with E-state index in [0.29, 0.717) is 0 Å². The summed E-state index contributed by atoms with van der Waals surface area (Å²) in [6.07, 6.45) is 0. The summed E-state index contributed by atoms with van der Waals surface area (Å²) >= 11 is 0. The molecule has 0 saturated carbocycles. The Kier molecular flexibility index (Phi) is 22.1. The van der Waals surface area contributed by atoms with Gasteiger partial charge in [0, 0.05) is 19.6 Å². The maximum atomic E-state index is 8.52. The molecule has 0 aliphatic rings. The van der Waals surface area contributed by atoms with Crippen LogP contribution in [-0.2, 0) is 53.8 Å². The van der Waals surface area contributed by atoms with E-state index in [4.69, 9.17) is 31.6 Å². The van der Waals surface area contributed by atoms with Crippen molar-refractivity contribution in [1.82, 2.24) is 0 Å². The van der Waals surface area contributed by atoms with Gasteiger partial charge in [0.25, 0.3) is 0 Å². The zero-order valence-electron chi connectivity index (χ0n) is 5.18. The molecule has 0 atom stereocenters. The monoisotopic (exact) mass is 300 g/mol.